The minimum atomic E-state index is -5.06. The Balaban J connectivity index is 1.34. The van der Waals surface area contributed by atoms with Gasteiger partial charge < -0.3 is 25.0 Å². The van der Waals surface area contributed by atoms with Crippen molar-refractivity contribution >= 4 is 44.9 Å². The Bertz CT molecular complexity index is 2020. The summed E-state index contributed by atoms with van der Waals surface area (Å²) in [6.45, 7) is 5.94. The first kappa shape index (κ1) is 40.1. The molecular formula is C36H44F4N6O8S. The molecule has 1 aromatic carbocycles. The van der Waals surface area contributed by atoms with Crippen molar-refractivity contribution in [2.24, 2.45) is 5.92 Å². The number of alkyl halides is 3. The lowest BCUT2D eigenvalue weighted by molar-refractivity contribution is -0.143. The number of alkyl carbamates (subject to hydrolysis) is 1. The Morgan fingerprint density at radius 1 is 1.05 bits per heavy atom. The second-order valence-electron chi connectivity index (χ2n) is 15.9. The molecule has 4 aliphatic rings. The number of hydrogen-bond acceptors (Lipinski definition) is 10. The number of benzene rings is 1. The molecule has 3 N–H and O–H groups in total. The molecule has 19 heteroatoms. The van der Waals surface area contributed by atoms with Gasteiger partial charge in [-0.1, -0.05) is 25.0 Å². The van der Waals surface area contributed by atoms with Gasteiger partial charge in [0.2, 0.25) is 33.4 Å². The van der Waals surface area contributed by atoms with Crippen LogP contribution in [0.3, 0.4) is 0 Å². The number of ether oxygens (including phenoxy) is 2. The van der Waals surface area contributed by atoms with E-state index in [0.717, 1.165) is 23.1 Å². The maximum absolute atomic E-state index is 14.4. The third-order valence-electron chi connectivity index (χ3n) is 10.3. The van der Waals surface area contributed by atoms with Crippen molar-refractivity contribution in [2.75, 3.05) is 6.54 Å². The molecule has 2 aliphatic heterocycles. The fourth-order valence-electron chi connectivity index (χ4n) is 6.83. The normalized spacial score (nSPS) is 27.7. The van der Waals surface area contributed by atoms with Crippen LogP contribution in [0.1, 0.15) is 91.2 Å². The van der Waals surface area contributed by atoms with Crippen molar-refractivity contribution in [2.45, 2.75) is 126 Å². The summed E-state index contributed by atoms with van der Waals surface area (Å²) in [6.07, 6.45) is -0.852. The van der Waals surface area contributed by atoms with E-state index in [2.05, 4.69) is 25.3 Å². The number of sulfonamides is 1. The third kappa shape index (κ3) is 8.80. The first-order chi connectivity index (χ1) is 25.6. The molecular weight excluding hydrogens is 752 g/mol. The predicted octanol–water partition coefficient (Wildman–Crippen LogP) is 4.42. The average Bonchev–Trinajstić information content (AvgIpc) is 3.95. The number of carbonyl (C=O) groups excluding carboxylic acids is 4. The fraction of sp³-hybridized carbons (Fsp3) is 0.611. The zero-order valence-corrected chi connectivity index (χ0v) is 31.6. The molecule has 3 heterocycles. The van der Waals surface area contributed by atoms with Gasteiger partial charge in [-0.25, -0.2) is 27.6 Å². The maximum Gasteiger partial charge on any atom is 0.438 e. The molecule has 0 unspecified atom stereocenters. The molecule has 0 radical (unpaired) electrons. The molecule has 4 amide bonds. The minimum Gasteiger partial charge on any atom is -0.471 e. The first-order valence-corrected chi connectivity index (χ1v) is 19.7. The number of hydrogen-bond donors (Lipinski definition) is 3. The van der Waals surface area contributed by atoms with E-state index in [9.17, 15) is 45.2 Å². The van der Waals surface area contributed by atoms with E-state index >= 15 is 0 Å². The largest absolute Gasteiger partial charge is 0.471 e. The van der Waals surface area contributed by atoms with E-state index in [1.165, 1.54) is 6.92 Å². The van der Waals surface area contributed by atoms with Gasteiger partial charge in [0.15, 0.2) is 0 Å². The highest BCUT2D eigenvalue weighted by molar-refractivity contribution is 7.91. The highest BCUT2D eigenvalue weighted by atomic mass is 32.2. The van der Waals surface area contributed by atoms with Gasteiger partial charge in [0.1, 0.15) is 35.1 Å². The van der Waals surface area contributed by atoms with Crippen LogP contribution in [0.5, 0.6) is 5.88 Å². The smallest absolute Gasteiger partial charge is 0.438 e. The van der Waals surface area contributed by atoms with Crippen LogP contribution in [0.4, 0.5) is 22.4 Å². The second-order valence-corrected chi connectivity index (χ2v) is 18.1. The monoisotopic (exact) mass is 796 g/mol. The summed E-state index contributed by atoms with van der Waals surface area (Å²) in [5.41, 5.74) is -4.62. The number of rotatable bonds is 6. The lowest BCUT2D eigenvalue weighted by Gasteiger charge is -2.30. The number of nitrogens with one attached hydrogen (secondary N) is 3. The van der Waals surface area contributed by atoms with E-state index in [-0.39, 0.29) is 23.9 Å². The van der Waals surface area contributed by atoms with Crippen LogP contribution in [0, 0.1) is 11.7 Å². The molecule has 2 aromatic rings. The Morgan fingerprint density at radius 3 is 2.45 bits per heavy atom. The van der Waals surface area contributed by atoms with E-state index in [4.69, 9.17) is 9.47 Å². The number of allylic oxidation sites excluding steroid dienone is 1. The van der Waals surface area contributed by atoms with Crippen LogP contribution in [0.25, 0.3) is 11.0 Å². The lowest BCUT2D eigenvalue weighted by Crippen LogP contribution is -2.58. The standard InChI is InChI=1S/C36H44F4N6O8S/c1-33(2,3)54-32(50)43-24-11-9-7-5-6-8-10-20-18-35(20,31(49)45-55(51,52)34(4)14-15-34)44-28(47)26-17-22(19-46(26)30(24)48)53-29-27(36(38,39)40)41-23-13-12-21(37)16-25(23)42-29/h8,10,12-13,16,20,22,24,26H,5-7,9,11,14-15,17-19H2,1-4H3,(H,43,50)(H,44,47)(H,45,49)/b10-8-/t20-,22-,24+,26+,35-/m1/s1. The molecule has 300 valence electrons. The molecule has 1 saturated heterocycles. The van der Waals surface area contributed by atoms with Crippen molar-refractivity contribution in [3.8, 4) is 5.88 Å². The van der Waals surface area contributed by atoms with Crippen LogP contribution in [0.15, 0.2) is 30.4 Å². The topological polar surface area (TPSA) is 186 Å². The van der Waals surface area contributed by atoms with Crippen LogP contribution < -0.4 is 20.1 Å². The quantitative estimate of drug-likeness (QED) is 0.279. The van der Waals surface area contributed by atoms with Gasteiger partial charge in [-0.2, -0.15) is 13.2 Å². The number of carbonyl (C=O) groups is 4. The summed E-state index contributed by atoms with van der Waals surface area (Å²) in [5, 5.41) is 5.26. The van der Waals surface area contributed by atoms with Gasteiger partial charge in [-0.15, -0.1) is 0 Å². The number of nitrogens with zero attached hydrogens (tertiary/aromatic N) is 3. The van der Waals surface area contributed by atoms with Gasteiger partial charge in [-0.05, 0) is 78.4 Å². The number of amides is 4. The Hall–Kier alpha value is -4.55. The van der Waals surface area contributed by atoms with Crippen LogP contribution in [-0.4, -0.2) is 87.7 Å². The third-order valence-corrected chi connectivity index (χ3v) is 12.5. The van der Waals surface area contributed by atoms with E-state index in [1.54, 1.807) is 26.8 Å². The number of halogens is 4. The van der Waals surface area contributed by atoms with Crippen LogP contribution in [0.2, 0.25) is 0 Å². The molecule has 3 fully saturated rings. The number of aromatic nitrogens is 2. The Kier molecular flexibility index (Phi) is 10.6. The summed E-state index contributed by atoms with van der Waals surface area (Å²) in [7, 11) is -4.11. The minimum absolute atomic E-state index is 0.0505. The summed E-state index contributed by atoms with van der Waals surface area (Å²) in [4.78, 5) is 63.9. The first-order valence-electron chi connectivity index (χ1n) is 18.2. The summed E-state index contributed by atoms with van der Waals surface area (Å²) >= 11 is 0. The van der Waals surface area contributed by atoms with E-state index < -0.39 is 110 Å². The molecule has 2 saturated carbocycles. The average molecular weight is 797 g/mol. The summed E-state index contributed by atoms with van der Waals surface area (Å²) < 4.78 is 95.1. The van der Waals surface area contributed by atoms with Crippen molar-refractivity contribution in [3.05, 3.63) is 41.9 Å². The maximum atomic E-state index is 14.4. The molecule has 6 rings (SSSR count). The van der Waals surface area contributed by atoms with Crippen LogP contribution in [-0.2, 0) is 35.3 Å². The van der Waals surface area contributed by atoms with Gasteiger partial charge in [0.25, 0.3) is 5.91 Å². The summed E-state index contributed by atoms with van der Waals surface area (Å²) in [6, 6.07) is 0.159. The molecule has 55 heavy (non-hydrogen) atoms. The molecule has 2 aliphatic carbocycles. The van der Waals surface area contributed by atoms with E-state index in [1.807, 2.05) is 6.08 Å². The van der Waals surface area contributed by atoms with Gasteiger partial charge in [0.05, 0.1) is 22.3 Å². The van der Waals surface area contributed by atoms with Crippen molar-refractivity contribution in [1.82, 2.24) is 30.2 Å². The zero-order chi connectivity index (χ0) is 40.1. The lowest BCUT2D eigenvalue weighted by atomic mass is 10.0. The molecule has 1 aromatic heterocycles. The Morgan fingerprint density at radius 2 is 1.78 bits per heavy atom. The molecule has 0 spiro atoms. The SMILES string of the molecule is CC(C)(C)OC(=O)N[C@H]1CCCCC/C=C\[C@@H]2C[C@@]2(C(=O)NS(=O)(=O)C2(C)CC2)NC(=O)[C@@H]2C[C@@H](Oc3nc4cc(F)ccc4nc3C(F)(F)F)CN2C1=O. The fourth-order valence-corrected chi connectivity index (χ4v) is 8.14. The molecule has 14 nitrogen and oxygen atoms in total. The highest BCUT2D eigenvalue weighted by Gasteiger charge is 2.63. The van der Waals surface area contributed by atoms with Crippen molar-refractivity contribution in [1.29, 1.82) is 0 Å². The molecule has 5 atom stereocenters. The van der Waals surface area contributed by atoms with Crippen molar-refractivity contribution in [3.63, 3.8) is 0 Å². The van der Waals surface area contributed by atoms with Crippen LogP contribution >= 0.6 is 0 Å². The van der Waals surface area contributed by atoms with E-state index in [0.29, 0.717) is 38.5 Å². The zero-order valence-electron chi connectivity index (χ0n) is 30.8. The highest BCUT2D eigenvalue weighted by Crippen LogP contribution is 2.47. The van der Waals surface area contributed by atoms with Gasteiger partial charge >= 0.3 is 12.3 Å². The number of fused-ring (bicyclic) bond motifs is 3. The summed E-state index contributed by atoms with van der Waals surface area (Å²) in [5.74, 6) is -4.98. The predicted molar refractivity (Wildman–Crippen MR) is 188 cm³/mol. The van der Waals surface area contributed by atoms with Gasteiger partial charge in [-0.3, -0.25) is 19.1 Å². The Labute approximate surface area is 315 Å². The van der Waals surface area contributed by atoms with Crippen molar-refractivity contribution < 1.29 is 54.6 Å². The van der Waals surface area contributed by atoms with Gasteiger partial charge in [0, 0.05) is 18.4 Å². The second kappa shape index (κ2) is 14.5. The molecule has 0 bridgehead atoms.